The molecule has 0 unspecified atom stereocenters. The fourth-order valence-corrected chi connectivity index (χ4v) is 1.41. The molecule has 0 saturated carbocycles. The van der Waals surface area contributed by atoms with E-state index < -0.39 is 11.7 Å². The van der Waals surface area contributed by atoms with E-state index in [9.17, 15) is 14.0 Å². The van der Waals surface area contributed by atoms with Crippen molar-refractivity contribution in [2.24, 2.45) is 0 Å². The molecule has 0 atom stereocenters. The lowest BCUT2D eigenvalue weighted by Crippen LogP contribution is -2.31. The van der Waals surface area contributed by atoms with Crippen LogP contribution in [0, 0.1) is 5.82 Å². The molecule has 0 spiro atoms. The molecule has 1 aromatic carbocycles. The average Bonchev–Trinajstić information content (AvgIpc) is 2.39. The lowest BCUT2D eigenvalue weighted by atomic mass is 10.2. The van der Waals surface area contributed by atoms with Gasteiger partial charge in [-0.2, -0.15) is 0 Å². The Bertz CT molecular complexity index is 463. The highest BCUT2D eigenvalue weighted by atomic mass is 19.1. The van der Waals surface area contributed by atoms with Crippen LogP contribution in [-0.2, 0) is 4.79 Å². The van der Waals surface area contributed by atoms with E-state index in [1.165, 1.54) is 12.1 Å². The number of halogens is 1. The summed E-state index contributed by atoms with van der Waals surface area (Å²) in [6.45, 7) is 2.79. The highest BCUT2D eigenvalue weighted by molar-refractivity contribution is 5.94. The zero-order valence-corrected chi connectivity index (χ0v) is 10.8. The smallest absolute Gasteiger partial charge is 0.251 e. The molecule has 0 aliphatic carbocycles. The Morgan fingerprint density at radius 3 is 2.63 bits per heavy atom. The maximum atomic E-state index is 13.2. The molecule has 4 N–H and O–H groups in total. The van der Waals surface area contributed by atoms with E-state index in [1.807, 2.05) is 6.92 Å². The van der Waals surface area contributed by atoms with Gasteiger partial charge in [-0.1, -0.05) is 6.92 Å². The maximum Gasteiger partial charge on any atom is 0.251 e. The third-order valence-electron chi connectivity index (χ3n) is 2.47. The number of hydrogen-bond donors (Lipinski definition) is 3. The van der Waals surface area contributed by atoms with Gasteiger partial charge in [0.15, 0.2) is 0 Å². The minimum absolute atomic E-state index is 0.00417. The second-order valence-electron chi connectivity index (χ2n) is 4.09. The Hall–Kier alpha value is -2.11. The van der Waals surface area contributed by atoms with E-state index in [-0.39, 0.29) is 30.1 Å². The number of nitrogen functional groups attached to an aromatic ring is 1. The van der Waals surface area contributed by atoms with Crippen LogP contribution in [0.3, 0.4) is 0 Å². The number of amides is 2. The molecule has 0 bridgehead atoms. The van der Waals surface area contributed by atoms with E-state index in [0.717, 1.165) is 12.5 Å². The van der Waals surface area contributed by atoms with E-state index in [4.69, 9.17) is 5.73 Å². The molecule has 1 aromatic rings. The van der Waals surface area contributed by atoms with Crippen LogP contribution in [0.2, 0.25) is 0 Å². The molecule has 0 aromatic heterocycles. The summed E-state index contributed by atoms with van der Waals surface area (Å²) < 4.78 is 13.2. The van der Waals surface area contributed by atoms with Crippen LogP contribution in [0.25, 0.3) is 0 Å². The molecule has 19 heavy (non-hydrogen) atoms. The average molecular weight is 267 g/mol. The van der Waals surface area contributed by atoms with E-state index in [1.54, 1.807) is 0 Å². The Morgan fingerprint density at radius 1 is 1.26 bits per heavy atom. The number of benzene rings is 1. The number of carbonyl (C=O) groups excluding carboxylic acids is 2. The molecule has 6 heteroatoms. The van der Waals surface area contributed by atoms with Gasteiger partial charge in [-0.3, -0.25) is 9.59 Å². The summed E-state index contributed by atoms with van der Waals surface area (Å²) in [6.07, 6.45) is 1.06. The molecule has 0 aliphatic rings. The summed E-state index contributed by atoms with van der Waals surface area (Å²) in [5.74, 6) is -1.18. The van der Waals surface area contributed by atoms with Crippen LogP contribution in [0.5, 0.6) is 0 Å². The summed E-state index contributed by atoms with van der Waals surface area (Å²) in [4.78, 5) is 22.9. The molecule has 0 fully saturated rings. The van der Waals surface area contributed by atoms with Crippen molar-refractivity contribution in [1.29, 1.82) is 0 Å². The van der Waals surface area contributed by atoms with Gasteiger partial charge < -0.3 is 16.4 Å². The summed E-state index contributed by atoms with van der Waals surface area (Å²) in [7, 11) is 0. The summed E-state index contributed by atoms with van der Waals surface area (Å²) in [5.41, 5.74) is 5.49. The first-order valence-electron chi connectivity index (χ1n) is 6.14. The third kappa shape index (κ3) is 4.95. The van der Waals surface area contributed by atoms with Gasteiger partial charge in [-0.15, -0.1) is 0 Å². The Balaban J connectivity index is 2.39. The van der Waals surface area contributed by atoms with Gasteiger partial charge in [-0.25, -0.2) is 4.39 Å². The van der Waals surface area contributed by atoms with Crippen molar-refractivity contribution >= 4 is 17.5 Å². The molecular formula is C13H18FN3O2. The fraction of sp³-hybridized carbons (Fsp3) is 0.385. The SMILES string of the molecule is CCCNC(=O)CCNC(=O)c1ccc(N)c(F)c1. The minimum atomic E-state index is -0.631. The van der Waals surface area contributed by atoms with Gasteiger partial charge in [0.05, 0.1) is 5.69 Å². The number of carbonyl (C=O) groups is 2. The predicted molar refractivity (Wildman–Crippen MR) is 71.1 cm³/mol. The number of anilines is 1. The number of hydrogen-bond acceptors (Lipinski definition) is 3. The Morgan fingerprint density at radius 2 is 2.00 bits per heavy atom. The highest BCUT2D eigenvalue weighted by Crippen LogP contribution is 2.11. The van der Waals surface area contributed by atoms with Gasteiger partial charge in [0, 0.05) is 25.1 Å². The van der Waals surface area contributed by atoms with Crippen molar-refractivity contribution in [1.82, 2.24) is 10.6 Å². The zero-order valence-electron chi connectivity index (χ0n) is 10.8. The first-order valence-corrected chi connectivity index (χ1v) is 6.14. The van der Waals surface area contributed by atoms with Gasteiger partial charge in [0.2, 0.25) is 5.91 Å². The number of rotatable bonds is 6. The Labute approximate surface area is 111 Å². The largest absolute Gasteiger partial charge is 0.396 e. The first kappa shape index (κ1) is 14.9. The highest BCUT2D eigenvalue weighted by Gasteiger charge is 2.08. The van der Waals surface area contributed by atoms with E-state index in [0.29, 0.717) is 6.54 Å². The second kappa shape index (κ2) is 7.35. The minimum Gasteiger partial charge on any atom is -0.396 e. The summed E-state index contributed by atoms with van der Waals surface area (Å²) >= 11 is 0. The predicted octanol–water partition coefficient (Wildman–Crippen LogP) is 1.05. The molecule has 1 rings (SSSR count). The summed E-state index contributed by atoms with van der Waals surface area (Å²) in [5, 5.41) is 5.24. The molecule has 2 amide bonds. The van der Waals surface area contributed by atoms with Crippen LogP contribution in [0.15, 0.2) is 18.2 Å². The lowest BCUT2D eigenvalue weighted by Gasteiger charge is -2.06. The first-order chi connectivity index (χ1) is 9.04. The standard InChI is InChI=1S/C13H18FN3O2/c1-2-6-16-12(18)5-7-17-13(19)9-3-4-11(15)10(14)8-9/h3-4,8H,2,5-7,15H2,1H3,(H,16,18)(H,17,19). The summed E-state index contributed by atoms with van der Waals surface area (Å²) in [6, 6.07) is 3.84. The van der Waals surface area contributed by atoms with Crippen LogP contribution < -0.4 is 16.4 Å². The molecular weight excluding hydrogens is 249 g/mol. The van der Waals surface area contributed by atoms with Gasteiger partial charge in [-0.05, 0) is 24.6 Å². The molecule has 0 radical (unpaired) electrons. The van der Waals surface area contributed by atoms with Crippen LogP contribution in [0.1, 0.15) is 30.1 Å². The third-order valence-corrected chi connectivity index (χ3v) is 2.47. The van der Waals surface area contributed by atoms with Crippen molar-refractivity contribution < 1.29 is 14.0 Å². The molecule has 0 aliphatic heterocycles. The van der Waals surface area contributed by atoms with Gasteiger partial charge in [0.1, 0.15) is 5.82 Å². The topological polar surface area (TPSA) is 84.2 Å². The van der Waals surface area contributed by atoms with Crippen LogP contribution in [-0.4, -0.2) is 24.9 Å². The van der Waals surface area contributed by atoms with Gasteiger partial charge in [0.25, 0.3) is 5.91 Å². The molecule has 104 valence electrons. The molecule has 5 nitrogen and oxygen atoms in total. The van der Waals surface area contributed by atoms with Crippen LogP contribution in [0.4, 0.5) is 10.1 Å². The second-order valence-corrected chi connectivity index (χ2v) is 4.09. The number of nitrogens with two attached hydrogens (primary N) is 1. The van der Waals surface area contributed by atoms with Crippen LogP contribution >= 0.6 is 0 Å². The quantitative estimate of drug-likeness (QED) is 0.674. The van der Waals surface area contributed by atoms with Gasteiger partial charge >= 0.3 is 0 Å². The normalized spacial score (nSPS) is 10.0. The van der Waals surface area contributed by atoms with E-state index >= 15 is 0 Å². The lowest BCUT2D eigenvalue weighted by molar-refractivity contribution is -0.120. The Kier molecular flexibility index (Phi) is 5.78. The van der Waals surface area contributed by atoms with Crippen molar-refractivity contribution in [3.8, 4) is 0 Å². The molecule has 0 heterocycles. The maximum absolute atomic E-state index is 13.2. The van der Waals surface area contributed by atoms with Crippen molar-refractivity contribution in [2.75, 3.05) is 18.8 Å². The number of nitrogens with one attached hydrogen (secondary N) is 2. The zero-order chi connectivity index (χ0) is 14.3. The van der Waals surface area contributed by atoms with Crippen molar-refractivity contribution in [3.05, 3.63) is 29.6 Å². The van der Waals surface area contributed by atoms with Crippen molar-refractivity contribution in [2.45, 2.75) is 19.8 Å². The van der Waals surface area contributed by atoms with E-state index in [2.05, 4.69) is 10.6 Å². The molecule has 0 saturated heterocycles. The van der Waals surface area contributed by atoms with Crippen molar-refractivity contribution in [3.63, 3.8) is 0 Å². The monoisotopic (exact) mass is 267 g/mol. The fourth-order valence-electron chi connectivity index (χ4n) is 1.41.